The summed E-state index contributed by atoms with van der Waals surface area (Å²) in [7, 11) is 0. The van der Waals surface area contributed by atoms with E-state index >= 15 is 0 Å². The number of hydrogen-bond donors (Lipinski definition) is 0. The minimum atomic E-state index is 0.376. The van der Waals surface area contributed by atoms with Crippen molar-refractivity contribution in [3.05, 3.63) is 77.4 Å². The zero-order chi connectivity index (χ0) is 14.4. The lowest BCUT2D eigenvalue weighted by molar-refractivity contribution is 0.943. The van der Waals surface area contributed by atoms with Crippen LogP contribution < -0.4 is 0 Å². The molecule has 1 aliphatic rings. The topological polar surface area (TPSA) is 0 Å². The van der Waals surface area contributed by atoms with E-state index < -0.39 is 0 Å². The Hall–Kier alpha value is -1.82. The highest BCUT2D eigenvalue weighted by Gasteiger charge is 2.16. The molecule has 0 saturated carbocycles. The zero-order valence-electron chi connectivity index (χ0n) is 12.8. The van der Waals surface area contributed by atoms with Crippen LogP contribution in [0.15, 0.2) is 66.3 Å². The molecule has 0 atom stereocenters. The van der Waals surface area contributed by atoms with Gasteiger partial charge >= 0.3 is 0 Å². The molecule has 0 heterocycles. The third-order valence-electron chi connectivity index (χ3n) is 3.97. The predicted molar refractivity (Wildman–Crippen MR) is 89.6 cm³/mol. The van der Waals surface area contributed by atoms with Crippen LogP contribution >= 0.6 is 0 Å². The molecule has 0 radical (unpaired) electrons. The third-order valence-corrected chi connectivity index (χ3v) is 3.97. The number of benzene rings is 1. The van der Waals surface area contributed by atoms with Crippen molar-refractivity contribution in [2.75, 3.05) is 0 Å². The van der Waals surface area contributed by atoms with Crippen LogP contribution in [-0.2, 0) is 0 Å². The second kappa shape index (κ2) is 7.09. The van der Waals surface area contributed by atoms with Crippen molar-refractivity contribution >= 4 is 5.57 Å². The molecule has 0 N–H and O–H groups in total. The van der Waals surface area contributed by atoms with Crippen LogP contribution in [0.2, 0.25) is 0 Å². The van der Waals surface area contributed by atoms with Crippen LogP contribution in [0.4, 0.5) is 0 Å². The maximum absolute atomic E-state index is 2.30. The van der Waals surface area contributed by atoms with Gasteiger partial charge in [-0.25, -0.2) is 0 Å². The molecule has 1 aromatic rings. The molecule has 0 unspecified atom stereocenters. The van der Waals surface area contributed by atoms with Gasteiger partial charge in [-0.05, 0) is 36.5 Å². The third kappa shape index (κ3) is 3.19. The van der Waals surface area contributed by atoms with Gasteiger partial charge in [-0.2, -0.15) is 0 Å². The minimum Gasteiger partial charge on any atom is -0.0732 e. The molecule has 0 spiro atoms. The van der Waals surface area contributed by atoms with Crippen molar-refractivity contribution in [1.29, 1.82) is 0 Å². The summed E-state index contributed by atoms with van der Waals surface area (Å²) < 4.78 is 0. The molecule has 1 aromatic carbocycles. The van der Waals surface area contributed by atoms with Gasteiger partial charge in [0, 0.05) is 5.92 Å². The van der Waals surface area contributed by atoms with Gasteiger partial charge in [0.25, 0.3) is 0 Å². The molecule has 0 bridgehead atoms. The fraction of sp³-hybridized carbons (Fsp3) is 0.300. The number of rotatable bonds is 4. The van der Waals surface area contributed by atoms with Gasteiger partial charge in [-0.3, -0.25) is 0 Å². The summed E-state index contributed by atoms with van der Waals surface area (Å²) in [4.78, 5) is 0. The number of allylic oxidation sites excluding steroid dienone is 8. The molecule has 0 aromatic heterocycles. The summed E-state index contributed by atoms with van der Waals surface area (Å²) in [5.74, 6) is 0.376. The van der Waals surface area contributed by atoms with Gasteiger partial charge in [0.05, 0.1) is 0 Å². The summed E-state index contributed by atoms with van der Waals surface area (Å²) >= 11 is 0. The van der Waals surface area contributed by atoms with E-state index in [1.54, 1.807) is 5.57 Å². The standard InChI is InChI=1S/C20H24/c1-4-17(5-2)20(18-13-8-6-7-9-14-18)19-15-11-10-12-16(19)3/h6-15,18H,4-5H2,1-3H3. The monoisotopic (exact) mass is 264 g/mol. The SMILES string of the molecule is CCC(CC)=C(c1ccccc1C)C1C=CC=CC=C1. The Morgan fingerprint density at radius 2 is 1.50 bits per heavy atom. The molecule has 0 aliphatic heterocycles. The van der Waals surface area contributed by atoms with Crippen molar-refractivity contribution in [3.8, 4) is 0 Å². The normalized spacial score (nSPS) is 14.3. The lowest BCUT2D eigenvalue weighted by Gasteiger charge is -2.20. The summed E-state index contributed by atoms with van der Waals surface area (Å²) in [5.41, 5.74) is 5.80. The Balaban J connectivity index is 2.57. The fourth-order valence-corrected chi connectivity index (χ4v) is 2.86. The smallest absolute Gasteiger partial charge is 0.0210 e. The van der Waals surface area contributed by atoms with Crippen molar-refractivity contribution < 1.29 is 0 Å². The van der Waals surface area contributed by atoms with E-state index in [-0.39, 0.29) is 0 Å². The molecular formula is C20H24. The van der Waals surface area contributed by atoms with E-state index in [0.717, 1.165) is 12.8 Å². The molecule has 20 heavy (non-hydrogen) atoms. The zero-order valence-corrected chi connectivity index (χ0v) is 12.8. The molecule has 0 fully saturated rings. The van der Waals surface area contributed by atoms with Crippen LogP contribution in [0.5, 0.6) is 0 Å². The van der Waals surface area contributed by atoms with E-state index in [0.29, 0.717) is 5.92 Å². The second-order valence-corrected chi connectivity index (χ2v) is 5.22. The molecule has 0 saturated heterocycles. The first-order valence-corrected chi connectivity index (χ1v) is 7.57. The Labute approximate surface area is 123 Å². The molecular weight excluding hydrogens is 240 g/mol. The Morgan fingerprint density at radius 3 is 2.05 bits per heavy atom. The first-order chi connectivity index (χ1) is 9.77. The number of hydrogen-bond acceptors (Lipinski definition) is 0. The van der Waals surface area contributed by atoms with Crippen LogP contribution in [0.1, 0.15) is 37.8 Å². The predicted octanol–water partition coefficient (Wildman–Crippen LogP) is 5.87. The van der Waals surface area contributed by atoms with Gasteiger partial charge < -0.3 is 0 Å². The van der Waals surface area contributed by atoms with Crippen molar-refractivity contribution in [3.63, 3.8) is 0 Å². The van der Waals surface area contributed by atoms with Gasteiger partial charge in [0.1, 0.15) is 0 Å². The minimum absolute atomic E-state index is 0.376. The molecule has 0 amide bonds. The second-order valence-electron chi connectivity index (χ2n) is 5.22. The lowest BCUT2D eigenvalue weighted by Crippen LogP contribution is -2.03. The van der Waals surface area contributed by atoms with Gasteiger partial charge in [-0.15, -0.1) is 0 Å². The molecule has 0 nitrogen and oxygen atoms in total. The van der Waals surface area contributed by atoms with E-state index in [9.17, 15) is 0 Å². The molecule has 0 heteroatoms. The Morgan fingerprint density at radius 1 is 0.900 bits per heavy atom. The van der Waals surface area contributed by atoms with Crippen LogP contribution in [0, 0.1) is 12.8 Å². The fourth-order valence-electron chi connectivity index (χ4n) is 2.86. The van der Waals surface area contributed by atoms with E-state index in [2.05, 4.69) is 81.5 Å². The van der Waals surface area contributed by atoms with Crippen molar-refractivity contribution in [2.45, 2.75) is 33.6 Å². The highest BCUT2D eigenvalue weighted by atomic mass is 14.2. The highest BCUT2D eigenvalue weighted by Crippen LogP contribution is 2.34. The van der Waals surface area contributed by atoms with Gasteiger partial charge in [-0.1, -0.05) is 80.1 Å². The average molecular weight is 264 g/mol. The molecule has 2 rings (SSSR count). The highest BCUT2D eigenvalue weighted by molar-refractivity contribution is 5.75. The van der Waals surface area contributed by atoms with Gasteiger partial charge in [0.15, 0.2) is 0 Å². The van der Waals surface area contributed by atoms with Crippen LogP contribution in [-0.4, -0.2) is 0 Å². The maximum atomic E-state index is 2.30. The summed E-state index contributed by atoms with van der Waals surface area (Å²) in [5, 5.41) is 0. The average Bonchev–Trinajstić information content (AvgIpc) is 2.74. The van der Waals surface area contributed by atoms with Crippen LogP contribution in [0.3, 0.4) is 0 Å². The van der Waals surface area contributed by atoms with E-state index in [1.807, 2.05) is 0 Å². The first kappa shape index (κ1) is 14.6. The first-order valence-electron chi connectivity index (χ1n) is 7.57. The largest absolute Gasteiger partial charge is 0.0732 e. The summed E-state index contributed by atoms with van der Waals surface area (Å²) in [6.45, 7) is 6.74. The van der Waals surface area contributed by atoms with E-state index in [1.165, 1.54) is 16.7 Å². The van der Waals surface area contributed by atoms with Crippen LogP contribution in [0.25, 0.3) is 5.57 Å². The summed E-state index contributed by atoms with van der Waals surface area (Å²) in [6, 6.07) is 8.73. The van der Waals surface area contributed by atoms with Gasteiger partial charge in [0.2, 0.25) is 0 Å². The van der Waals surface area contributed by atoms with E-state index in [4.69, 9.17) is 0 Å². The molecule has 1 aliphatic carbocycles. The molecule has 104 valence electrons. The van der Waals surface area contributed by atoms with Crippen molar-refractivity contribution in [1.82, 2.24) is 0 Å². The Kier molecular flexibility index (Phi) is 5.17. The number of aryl methyl sites for hydroxylation is 1. The van der Waals surface area contributed by atoms with Crippen molar-refractivity contribution in [2.24, 2.45) is 5.92 Å². The maximum Gasteiger partial charge on any atom is 0.0210 e. The lowest BCUT2D eigenvalue weighted by atomic mass is 9.84. The Bertz CT molecular complexity index is 545. The summed E-state index contributed by atoms with van der Waals surface area (Å²) in [6.07, 6.45) is 15.3. The quantitative estimate of drug-likeness (QED) is 0.638.